The number of thioether (sulfide) groups is 1. The molecule has 0 bridgehead atoms. The summed E-state index contributed by atoms with van der Waals surface area (Å²) in [7, 11) is -0.255. The van der Waals surface area contributed by atoms with Crippen LogP contribution < -0.4 is 4.90 Å². The number of carbonyl (C=O) groups excluding carboxylic acids is 1. The zero-order chi connectivity index (χ0) is 17.2. The van der Waals surface area contributed by atoms with Gasteiger partial charge < -0.3 is 4.90 Å². The zero-order valence-electron chi connectivity index (χ0n) is 12.6. The van der Waals surface area contributed by atoms with Gasteiger partial charge in [0.15, 0.2) is 0 Å². The largest absolute Gasteiger partial charge is 0.378 e. The lowest BCUT2D eigenvalue weighted by Gasteiger charge is -2.13. The zero-order valence-corrected chi connectivity index (χ0v) is 15.0. The fourth-order valence-electron chi connectivity index (χ4n) is 1.92. The van der Waals surface area contributed by atoms with Crippen molar-refractivity contribution in [1.29, 1.82) is 0 Å². The highest BCUT2D eigenvalue weighted by Gasteiger charge is 2.32. The van der Waals surface area contributed by atoms with E-state index in [2.05, 4.69) is 0 Å². The minimum atomic E-state index is -4.13. The Hall–Kier alpha value is -1.42. The van der Waals surface area contributed by atoms with Crippen LogP contribution in [-0.4, -0.2) is 54.5 Å². The van der Waals surface area contributed by atoms with E-state index in [-0.39, 0.29) is 16.8 Å². The summed E-state index contributed by atoms with van der Waals surface area (Å²) >= 11 is 6.22. The van der Waals surface area contributed by atoms with Crippen molar-refractivity contribution in [3.8, 4) is 0 Å². The fourth-order valence-corrected chi connectivity index (χ4v) is 3.64. The Balaban J connectivity index is 2.14. The van der Waals surface area contributed by atoms with Crippen molar-refractivity contribution in [2.45, 2.75) is 0 Å². The number of anilines is 1. The molecule has 1 aliphatic heterocycles. The Morgan fingerprint density at radius 3 is 2.43 bits per heavy atom. The second kappa shape index (κ2) is 7.00. The molecule has 23 heavy (non-hydrogen) atoms. The first-order chi connectivity index (χ1) is 10.7. The average Bonchev–Trinajstić information content (AvgIpc) is 2.71. The van der Waals surface area contributed by atoms with Crippen LogP contribution >= 0.6 is 24.0 Å². The van der Waals surface area contributed by atoms with Crippen molar-refractivity contribution in [2.24, 2.45) is 0 Å². The van der Waals surface area contributed by atoms with Gasteiger partial charge in [-0.05, 0) is 23.8 Å². The van der Waals surface area contributed by atoms with Gasteiger partial charge in [0.05, 0.1) is 10.7 Å². The molecule has 124 valence electrons. The van der Waals surface area contributed by atoms with Crippen LogP contribution in [0.15, 0.2) is 29.2 Å². The van der Waals surface area contributed by atoms with Crippen LogP contribution in [0.2, 0.25) is 0 Å². The van der Waals surface area contributed by atoms with Gasteiger partial charge in [0, 0.05) is 26.3 Å². The fraction of sp³-hybridized carbons (Fsp3) is 0.286. The van der Waals surface area contributed by atoms with Gasteiger partial charge in [-0.2, -0.15) is 8.42 Å². The maximum atomic E-state index is 12.3. The van der Waals surface area contributed by atoms with Crippen LogP contribution in [0.3, 0.4) is 0 Å². The molecule has 1 amide bonds. The molecule has 1 N–H and O–H groups in total. The van der Waals surface area contributed by atoms with Crippen molar-refractivity contribution >= 4 is 56.1 Å². The van der Waals surface area contributed by atoms with Gasteiger partial charge in [-0.1, -0.05) is 36.1 Å². The maximum Gasteiger partial charge on any atom is 0.266 e. The van der Waals surface area contributed by atoms with Gasteiger partial charge in [-0.3, -0.25) is 14.2 Å². The predicted octanol–water partition coefficient (Wildman–Crippen LogP) is 1.84. The van der Waals surface area contributed by atoms with Crippen molar-refractivity contribution in [3.05, 3.63) is 34.7 Å². The third-order valence-electron chi connectivity index (χ3n) is 3.15. The van der Waals surface area contributed by atoms with Crippen LogP contribution in [0.25, 0.3) is 6.08 Å². The van der Waals surface area contributed by atoms with E-state index in [0.717, 1.165) is 23.0 Å². The van der Waals surface area contributed by atoms with E-state index in [4.69, 9.17) is 16.8 Å². The highest BCUT2D eigenvalue weighted by molar-refractivity contribution is 8.26. The number of thiocarbonyl (C=S) groups is 1. The second-order valence-electron chi connectivity index (χ2n) is 5.11. The first kappa shape index (κ1) is 17.9. The molecule has 1 saturated heterocycles. The molecule has 0 saturated carbocycles. The van der Waals surface area contributed by atoms with Crippen molar-refractivity contribution < 1.29 is 17.8 Å². The topological polar surface area (TPSA) is 77.9 Å². The van der Waals surface area contributed by atoms with E-state index in [0.29, 0.717) is 4.91 Å². The Kier molecular flexibility index (Phi) is 5.45. The number of amides is 1. The molecular formula is C14H16N2O4S3. The van der Waals surface area contributed by atoms with Gasteiger partial charge in [0.25, 0.3) is 16.0 Å². The Morgan fingerprint density at radius 1 is 1.30 bits per heavy atom. The molecule has 0 unspecified atom stereocenters. The first-order valence-electron chi connectivity index (χ1n) is 6.65. The molecule has 1 aromatic carbocycles. The maximum absolute atomic E-state index is 12.3. The minimum absolute atomic E-state index is 0.152. The van der Waals surface area contributed by atoms with Gasteiger partial charge in [-0.25, -0.2) is 0 Å². The smallest absolute Gasteiger partial charge is 0.266 e. The second-order valence-corrected chi connectivity index (χ2v) is 8.35. The van der Waals surface area contributed by atoms with Crippen LogP contribution in [0, 0.1) is 0 Å². The van der Waals surface area contributed by atoms with E-state index < -0.39 is 15.9 Å². The molecular weight excluding hydrogens is 356 g/mol. The summed E-state index contributed by atoms with van der Waals surface area (Å²) in [5, 5.41) is 0. The molecule has 1 aromatic rings. The number of hydrogen-bond donors (Lipinski definition) is 1. The Labute approximate surface area is 144 Å². The lowest BCUT2D eigenvalue weighted by molar-refractivity contribution is -0.121. The minimum Gasteiger partial charge on any atom is -0.378 e. The van der Waals surface area contributed by atoms with Crippen LogP contribution in [0.1, 0.15) is 5.56 Å². The monoisotopic (exact) mass is 372 g/mol. The van der Waals surface area contributed by atoms with Gasteiger partial charge >= 0.3 is 0 Å². The molecule has 0 aromatic heterocycles. The third-order valence-corrected chi connectivity index (χ3v) is 5.23. The highest BCUT2D eigenvalue weighted by atomic mass is 32.2. The Morgan fingerprint density at radius 2 is 1.91 bits per heavy atom. The average molecular weight is 372 g/mol. The molecule has 1 fully saturated rings. The van der Waals surface area contributed by atoms with Crippen LogP contribution in [0.4, 0.5) is 5.69 Å². The summed E-state index contributed by atoms with van der Waals surface area (Å²) in [6.07, 6.45) is 1.71. The summed E-state index contributed by atoms with van der Waals surface area (Å²) in [6, 6.07) is 7.65. The molecule has 0 aliphatic carbocycles. The van der Waals surface area contributed by atoms with E-state index in [1.54, 1.807) is 6.08 Å². The predicted molar refractivity (Wildman–Crippen MR) is 97.1 cm³/mol. The molecule has 1 aliphatic rings. The normalized spacial score (nSPS) is 17.2. The third kappa shape index (κ3) is 4.77. The van der Waals surface area contributed by atoms with Crippen molar-refractivity contribution in [3.63, 3.8) is 0 Å². The van der Waals surface area contributed by atoms with E-state index in [1.807, 2.05) is 43.3 Å². The number of hydrogen-bond acceptors (Lipinski definition) is 6. The van der Waals surface area contributed by atoms with Crippen LogP contribution in [-0.2, 0) is 14.9 Å². The lowest BCUT2D eigenvalue weighted by Crippen LogP contribution is -2.32. The molecule has 6 nitrogen and oxygen atoms in total. The number of benzene rings is 1. The Bertz CT molecular complexity index is 755. The molecule has 0 atom stereocenters. The lowest BCUT2D eigenvalue weighted by atomic mass is 10.2. The summed E-state index contributed by atoms with van der Waals surface area (Å²) in [4.78, 5) is 15.9. The molecule has 1 heterocycles. The molecule has 0 spiro atoms. The number of carbonyl (C=O) groups is 1. The highest BCUT2D eigenvalue weighted by Crippen LogP contribution is 2.32. The quantitative estimate of drug-likeness (QED) is 0.480. The summed E-state index contributed by atoms with van der Waals surface area (Å²) < 4.78 is 30.7. The SMILES string of the molecule is CN(C)c1ccc(/C=C2\SC(=S)N(CCS(=O)(=O)O)C2=O)cc1. The van der Waals surface area contributed by atoms with Gasteiger partial charge in [-0.15, -0.1) is 0 Å². The molecule has 9 heteroatoms. The summed E-state index contributed by atoms with van der Waals surface area (Å²) in [5.74, 6) is -0.884. The van der Waals surface area contributed by atoms with Crippen molar-refractivity contribution in [2.75, 3.05) is 31.3 Å². The van der Waals surface area contributed by atoms with Crippen LogP contribution in [0.5, 0.6) is 0 Å². The molecule has 2 rings (SSSR count). The first-order valence-corrected chi connectivity index (χ1v) is 9.49. The van der Waals surface area contributed by atoms with Crippen molar-refractivity contribution in [1.82, 2.24) is 4.90 Å². The number of nitrogens with zero attached hydrogens (tertiary/aromatic N) is 2. The van der Waals surface area contributed by atoms with E-state index in [9.17, 15) is 13.2 Å². The van der Waals surface area contributed by atoms with E-state index in [1.165, 1.54) is 4.90 Å². The van der Waals surface area contributed by atoms with Gasteiger partial charge in [0.1, 0.15) is 4.32 Å². The summed E-state index contributed by atoms with van der Waals surface area (Å²) in [6.45, 7) is -0.152. The van der Waals surface area contributed by atoms with Gasteiger partial charge in [0.2, 0.25) is 0 Å². The number of rotatable bonds is 5. The standard InChI is InChI=1S/C14H16N2O4S3/c1-15(2)11-5-3-10(4-6-11)9-12-13(17)16(14(21)22-12)7-8-23(18,19)20/h3-6,9H,7-8H2,1-2H3,(H,18,19,20)/b12-9-. The summed E-state index contributed by atoms with van der Waals surface area (Å²) in [5.41, 5.74) is 1.90. The molecule has 0 radical (unpaired) electrons. The van der Waals surface area contributed by atoms with E-state index >= 15 is 0 Å².